The number of rotatable bonds is 8. The first-order valence-electron chi connectivity index (χ1n) is 6.93. The fourth-order valence-corrected chi connectivity index (χ4v) is 3.27. The van der Waals surface area contributed by atoms with Crippen molar-refractivity contribution in [1.29, 1.82) is 0 Å². The minimum absolute atomic E-state index is 0.144. The molecule has 0 aliphatic heterocycles. The zero-order valence-electron chi connectivity index (χ0n) is 12.4. The van der Waals surface area contributed by atoms with E-state index in [9.17, 15) is 0 Å². The van der Waals surface area contributed by atoms with Crippen molar-refractivity contribution in [3.63, 3.8) is 0 Å². The van der Waals surface area contributed by atoms with Crippen LogP contribution in [0.3, 0.4) is 0 Å². The van der Waals surface area contributed by atoms with Gasteiger partial charge in [-0.15, -0.1) is 11.3 Å². The third-order valence-electron chi connectivity index (χ3n) is 3.74. The van der Waals surface area contributed by atoms with Crippen LogP contribution in [-0.4, -0.2) is 41.1 Å². The molecule has 4 heteroatoms. The fraction of sp³-hybridized carbons (Fsp3) is 0.786. The molecule has 3 nitrogen and oxygen atoms in total. The van der Waals surface area contributed by atoms with Crippen LogP contribution in [-0.2, 0) is 6.42 Å². The number of likely N-dealkylation sites (N-methyl/N-ethyl adjacent to an activating group) is 2. The zero-order valence-corrected chi connectivity index (χ0v) is 13.2. The molecule has 0 amide bonds. The predicted molar refractivity (Wildman–Crippen MR) is 80.3 cm³/mol. The first-order chi connectivity index (χ1) is 8.56. The Morgan fingerprint density at radius 2 is 2.00 bits per heavy atom. The summed E-state index contributed by atoms with van der Waals surface area (Å²) in [4.78, 5) is 6.94. The maximum absolute atomic E-state index is 4.42. The minimum Gasteiger partial charge on any atom is -0.312 e. The Bertz CT molecular complexity index is 318. The van der Waals surface area contributed by atoms with Crippen LogP contribution in [0.15, 0.2) is 11.6 Å². The summed E-state index contributed by atoms with van der Waals surface area (Å²) in [5, 5.41) is 6.92. The van der Waals surface area contributed by atoms with Crippen LogP contribution in [0.25, 0.3) is 0 Å². The summed E-state index contributed by atoms with van der Waals surface area (Å²) in [6.07, 6.45) is 2.91. The van der Waals surface area contributed by atoms with Gasteiger partial charge in [-0.05, 0) is 33.5 Å². The Morgan fingerprint density at radius 3 is 2.44 bits per heavy atom. The van der Waals surface area contributed by atoms with E-state index < -0.39 is 0 Å². The molecule has 0 aliphatic carbocycles. The van der Waals surface area contributed by atoms with Crippen LogP contribution in [0.1, 0.15) is 39.6 Å². The molecule has 0 saturated heterocycles. The van der Waals surface area contributed by atoms with Gasteiger partial charge in [-0.3, -0.25) is 4.90 Å². The lowest BCUT2D eigenvalue weighted by molar-refractivity contribution is 0.0918. The second-order valence-corrected chi connectivity index (χ2v) is 6.05. The molecule has 1 aromatic rings. The summed E-state index contributed by atoms with van der Waals surface area (Å²) < 4.78 is 0. The average Bonchev–Trinajstić information content (AvgIpc) is 2.82. The Kier molecular flexibility index (Phi) is 6.26. The Balaban J connectivity index is 2.81. The Morgan fingerprint density at radius 1 is 1.33 bits per heavy atom. The van der Waals surface area contributed by atoms with Crippen molar-refractivity contribution in [1.82, 2.24) is 15.2 Å². The molecule has 1 aromatic heterocycles. The lowest BCUT2D eigenvalue weighted by Gasteiger charge is -2.43. The summed E-state index contributed by atoms with van der Waals surface area (Å²) in [5.41, 5.74) is 0.144. The van der Waals surface area contributed by atoms with Crippen molar-refractivity contribution >= 4 is 11.3 Å². The first kappa shape index (κ1) is 15.6. The van der Waals surface area contributed by atoms with Gasteiger partial charge in [0.2, 0.25) is 0 Å². The van der Waals surface area contributed by atoms with Gasteiger partial charge in [0.1, 0.15) is 0 Å². The lowest BCUT2D eigenvalue weighted by Crippen LogP contribution is -2.58. The van der Waals surface area contributed by atoms with E-state index in [1.807, 2.05) is 6.20 Å². The topological polar surface area (TPSA) is 28.2 Å². The number of aromatic nitrogens is 1. The van der Waals surface area contributed by atoms with Crippen molar-refractivity contribution in [2.75, 3.05) is 19.6 Å². The highest BCUT2D eigenvalue weighted by Gasteiger charge is 2.33. The van der Waals surface area contributed by atoms with E-state index in [0.29, 0.717) is 6.04 Å². The van der Waals surface area contributed by atoms with Crippen LogP contribution >= 0.6 is 11.3 Å². The monoisotopic (exact) mass is 269 g/mol. The average molecular weight is 269 g/mol. The maximum atomic E-state index is 4.42. The lowest BCUT2D eigenvalue weighted by atomic mass is 9.89. The SMILES string of the molecule is CCNC(Cc1nccs1)C(C)(C)N(CC)CC. The minimum atomic E-state index is 0.144. The van der Waals surface area contributed by atoms with Gasteiger partial charge >= 0.3 is 0 Å². The second kappa shape index (κ2) is 7.22. The summed E-state index contributed by atoms with van der Waals surface area (Å²) in [7, 11) is 0. The van der Waals surface area contributed by atoms with Crippen LogP contribution in [0, 0.1) is 0 Å². The molecule has 18 heavy (non-hydrogen) atoms. The van der Waals surface area contributed by atoms with Gasteiger partial charge in [-0.2, -0.15) is 0 Å². The van der Waals surface area contributed by atoms with Crippen LogP contribution in [0.4, 0.5) is 0 Å². The van der Waals surface area contributed by atoms with Gasteiger partial charge in [0, 0.05) is 29.6 Å². The van der Waals surface area contributed by atoms with E-state index in [4.69, 9.17) is 0 Å². The molecule has 1 N–H and O–H groups in total. The van der Waals surface area contributed by atoms with Crippen LogP contribution in [0.2, 0.25) is 0 Å². The van der Waals surface area contributed by atoms with Gasteiger partial charge in [-0.1, -0.05) is 20.8 Å². The quantitative estimate of drug-likeness (QED) is 0.786. The molecule has 0 bridgehead atoms. The van der Waals surface area contributed by atoms with Crippen molar-refractivity contribution in [3.05, 3.63) is 16.6 Å². The molecule has 0 aliphatic rings. The van der Waals surface area contributed by atoms with E-state index in [0.717, 1.165) is 26.1 Å². The summed E-state index contributed by atoms with van der Waals surface area (Å²) in [5.74, 6) is 0. The second-order valence-electron chi connectivity index (χ2n) is 5.07. The van der Waals surface area contributed by atoms with E-state index in [1.165, 1.54) is 5.01 Å². The highest BCUT2D eigenvalue weighted by molar-refractivity contribution is 7.09. The molecule has 1 atom stereocenters. The molecule has 1 unspecified atom stereocenters. The Hall–Kier alpha value is -0.450. The number of nitrogens with one attached hydrogen (secondary N) is 1. The van der Waals surface area contributed by atoms with Crippen LogP contribution < -0.4 is 5.32 Å². The number of hydrogen-bond acceptors (Lipinski definition) is 4. The Labute approximate surface area is 116 Å². The smallest absolute Gasteiger partial charge is 0.0941 e. The molecular formula is C14H27N3S. The van der Waals surface area contributed by atoms with E-state index in [2.05, 4.69) is 55.2 Å². The van der Waals surface area contributed by atoms with Gasteiger partial charge in [-0.25, -0.2) is 4.98 Å². The van der Waals surface area contributed by atoms with Crippen molar-refractivity contribution in [3.8, 4) is 0 Å². The van der Waals surface area contributed by atoms with Crippen LogP contribution in [0.5, 0.6) is 0 Å². The van der Waals surface area contributed by atoms with Gasteiger partial charge < -0.3 is 5.32 Å². The maximum Gasteiger partial charge on any atom is 0.0941 e. The molecule has 0 saturated carbocycles. The molecule has 0 aromatic carbocycles. The highest BCUT2D eigenvalue weighted by atomic mass is 32.1. The highest BCUT2D eigenvalue weighted by Crippen LogP contribution is 2.22. The first-order valence-corrected chi connectivity index (χ1v) is 7.80. The predicted octanol–water partition coefficient (Wildman–Crippen LogP) is 2.78. The van der Waals surface area contributed by atoms with Crippen molar-refractivity contribution < 1.29 is 0 Å². The van der Waals surface area contributed by atoms with Gasteiger partial charge in [0.25, 0.3) is 0 Å². The summed E-state index contributed by atoms with van der Waals surface area (Å²) >= 11 is 1.75. The zero-order chi connectivity index (χ0) is 13.6. The number of nitrogens with zero attached hydrogens (tertiary/aromatic N) is 2. The van der Waals surface area contributed by atoms with Gasteiger partial charge in [0.05, 0.1) is 5.01 Å². The molecule has 0 spiro atoms. The molecule has 1 heterocycles. The number of thiazole rings is 1. The number of hydrogen-bond donors (Lipinski definition) is 1. The normalized spacial score (nSPS) is 14.1. The summed E-state index contributed by atoms with van der Waals surface area (Å²) in [6.45, 7) is 14.5. The summed E-state index contributed by atoms with van der Waals surface area (Å²) in [6, 6.07) is 0.438. The van der Waals surface area contributed by atoms with E-state index in [-0.39, 0.29) is 5.54 Å². The van der Waals surface area contributed by atoms with E-state index in [1.54, 1.807) is 11.3 Å². The largest absolute Gasteiger partial charge is 0.312 e. The molecule has 0 fully saturated rings. The fourth-order valence-electron chi connectivity index (χ4n) is 2.61. The van der Waals surface area contributed by atoms with Gasteiger partial charge in [0.15, 0.2) is 0 Å². The molecule has 0 radical (unpaired) electrons. The van der Waals surface area contributed by atoms with Crippen molar-refractivity contribution in [2.24, 2.45) is 0 Å². The molecule has 1 rings (SSSR count). The third-order valence-corrected chi connectivity index (χ3v) is 4.55. The molecule has 104 valence electrons. The third kappa shape index (κ3) is 3.77. The molecular weight excluding hydrogens is 242 g/mol. The standard InChI is InChI=1S/C14H27N3S/c1-6-15-12(11-13-16-9-10-18-13)14(4,5)17(7-2)8-3/h9-10,12,15H,6-8,11H2,1-5H3. The van der Waals surface area contributed by atoms with Crippen molar-refractivity contribution in [2.45, 2.75) is 52.6 Å². The van der Waals surface area contributed by atoms with E-state index >= 15 is 0 Å².